The van der Waals surface area contributed by atoms with Crippen LogP contribution in [0.15, 0.2) is 78.9 Å². The fourth-order valence-electron chi connectivity index (χ4n) is 2.98. The molecule has 3 aromatic rings. The summed E-state index contributed by atoms with van der Waals surface area (Å²) in [5.41, 5.74) is 3.57. The molecule has 0 aromatic heterocycles. The minimum absolute atomic E-state index is 0.128. The summed E-state index contributed by atoms with van der Waals surface area (Å²) in [4.78, 5) is 0. The standard InChI is InChI=1S/C25H29NO2/c1-3-23(28-25-11-7-8-20(2)18-25)19-26-22-12-14-24(15-13-22)27-17-16-21-9-5-4-6-10-21/h4-15,18,23,26H,3,16-17,19H2,1-2H3/t23-/m1/s1. The molecular formula is C25H29NO2. The van der Waals surface area contributed by atoms with Crippen LogP contribution in [0.5, 0.6) is 11.5 Å². The molecule has 0 spiro atoms. The van der Waals surface area contributed by atoms with Crippen molar-refractivity contribution >= 4 is 5.69 Å². The first-order chi connectivity index (χ1) is 13.7. The van der Waals surface area contributed by atoms with Gasteiger partial charge in [-0.15, -0.1) is 0 Å². The minimum atomic E-state index is 0.128. The molecule has 3 rings (SSSR count). The highest BCUT2D eigenvalue weighted by Crippen LogP contribution is 2.18. The maximum atomic E-state index is 6.10. The Bertz CT molecular complexity index is 831. The van der Waals surface area contributed by atoms with E-state index in [0.29, 0.717) is 6.61 Å². The number of hydrogen-bond acceptors (Lipinski definition) is 3. The van der Waals surface area contributed by atoms with Gasteiger partial charge in [0, 0.05) is 12.1 Å². The van der Waals surface area contributed by atoms with E-state index in [9.17, 15) is 0 Å². The van der Waals surface area contributed by atoms with Gasteiger partial charge in [0.05, 0.1) is 13.2 Å². The van der Waals surface area contributed by atoms with Gasteiger partial charge >= 0.3 is 0 Å². The fourth-order valence-corrected chi connectivity index (χ4v) is 2.98. The normalized spacial score (nSPS) is 11.6. The van der Waals surface area contributed by atoms with Crippen molar-refractivity contribution in [1.29, 1.82) is 0 Å². The topological polar surface area (TPSA) is 30.5 Å². The molecule has 3 heteroatoms. The van der Waals surface area contributed by atoms with Gasteiger partial charge in [0.25, 0.3) is 0 Å². The number of rotatable bonds is 10. The van der Waals surface area contributed by atoms with Crippen LogP contribution in [0.4, 0.5) is 5.69 Å². The van der Waals surface area contributed by atoms with Gasteiger partial charge in [-0.25, -0.2) is 0 Å². The van der Waals surface area contributed by atoms with Crippen LogP contribution < -0.4 is 14.8 Å². The molecule has 0 saturated heterocycles. The summed E-state index contributed by atoms with van der Waals surface area (Å²) in [7, 11) is 0. The van der Waals surface area contributed by atoms with Crippen molar-refractivity contribution in [3.05, 3.63) is 90.0 Å². The molecule has 0 aliphatic rings. The first-order valence-electron chi connectivity index (χ1n) is 9.97. The highest BCUT2D eigenvalue weighted by molar-refractivity contribution is 5.46. The van der Waals surface area contributed by atoms with E-state index in [1.54, 1.807) is 0 Å². The van der Waals surface area contributed by atoms with Gasteiger partial charge < -0.3 is 14.8 Å². The summed E-state index contributed by atoms with van der Waals surface area (Å²) in [5, 5.41) is 3.46. The third-order valence-corrected chi connectivity index (χ3v) is 4.64. The zero-order valence-electron chi connectivity index (χ0n) is 16.7. The predicted octanol–water partition coefficient (Wildman–Crippen LogP) is 5.89. The SMILES string of the molecule is CC[C@H](CNc1ccc(OCCc2ccccc2)cc1)Oc1cccc(C)c1. The second-order valence-electron chi connectivity index (χ2n) is 6.95. The van der Waals surface area contributed by atoms with Crippen molar-refractivity contribution in [3.63, 3.8) is 0 Å². The number of benzene rings is 3. The van der Waals surface area contributed by atoms with Gasteiger partial charge in [-0.1, -0.05) is 49.4 Å². The monoisotopic (exact) mass is 375 g/mol. The van der Waals surface area contributed by atoms with Gasteiger partial charge in [0.1, 0.15) is 17.6 Å². The second-order valence-corrected chi connectivity index (χ2v) is 6.95. The number of hydrogen-bond donors (Lipinski definition) is 1. The maximum absolute atomic E-state index is 6.10. The fraction of sp³-hybridized carbons (Fsp3) is 0.280. The smallest absolute Gasteiger partial charge is 0.120 e. The summed E-state index contributed by atoms with van der Waals surface area (Å²) in [5.74, 6) is 1.82. The van der Waals surface area contributed by atoms with Crippen molar-refractivity contribution in [1.82, 2.24) is 0 Å². The number of nitrogens with one attached hydrogen (secondary N) is 1. The number of aryl methyl sites for hydroxylation is 1. The van der Waals surface area contributed by atoms with Crippen LogP contribution in [0.25, 0.3) is 0 Å². The van der Waals surface area contributed by atoms with E-state index in [1.165, 1.54) is 11.1 Å². The van der Waals surface area contributed by atoms with Crippen molar-refractivity contribution in [2.75, 3.05) is 18.5 Å². The van der Waals surface area contributed by atoms with Crippen molar-refractivity contribution in [2.45, 2.75) is 32.8 Å². The van der Waals surface area contributed by atoms with E-state index in [2.05, 4.69) is 67.7 Å². The molecule has 0 heterocycles. The lowest BCUT2D eigenvalue weighted by Crippen LogP contribution is -2.25. The average Bonchev–Trinajstić information content (AvgIpc) is 2.73. The Morgan fingerprint density at radius 2 is 1.64 bits per heavy atom. The third-order valence-electron chi connectivity index (χ3n) is 4.64. The number of anilines is 1. The molecule has 0 aliphatic heterocycles. The van der Waals surface area contributed by atoms with Crippen molar-refractivity contribution < 1.29 is 9.47 Å². The van der Waals surface area contributed by atoms with Crippen LogP contribution in [0.2, 0.25) is 0 Å². The molecule has 146 valence electrons. The number of ether oxygens (including phenoxy) is 2. The van der Waals surface area contributed by atoms with Crippen molar-refractivity contribution in [3.8, 4) is 11.5 Å². The molecular weight excluding hydrogens is 346 g/mol. The van der Waals surface area contributed by atoms with Crippen LogP contribution in [-0.2, 0) is 6.42 Å². The van der Waals surface area contributed by atoms with E-state index in [0.717, 1.165) is 36.6 Å². The molecule has 0 bridgehead atoms. The van der Waals surface area contributed by atoms with E-state index in [4.69, 9.17) is 9.47 Å². The zero-order chi connectivity index (χ0) is 19.6. The van der Waals surface area contributed by atoms with Gasteiger partial charge in [-0.2, -0.15) is 0 Å². The Hall–Kier alpha value is -2.94. The average molecular weight is 376 g/mol. The molecule has 0 fully saturated rings. The quantitative estimate of drug-likeness (QED) is 0.479. The van der Waals surface area contributed by atoms with Crippen LogP contribution in [0, 0.1) is 6.92 Å². The van der Waals surface area contributed by atoms with Gasteiger partial charge in [0.15, 0.2) is 0 Å². The van der Waals surface area contributed by atoms with Gasteiger partial charge in [0.2, 0.25) is 0 Å². The van der Waals surface area contributed by atoms with Crippen LogP contribution in [-0.4, -0.2) is 19.3 Å². The van der Waals surface area contributed by atoms with Crippen LogP contribution in [0.1, 0.15) is 24.5 Å². The summed E-state index contributed by atoms with van der Waals surface area (Å²) in [6, 6.07) is 26.7. The van der Waals surface area contributed by atoms with E-state index < -0.39 is 0 Å². The van der Waals surface area contributed by atoms with Gasteiger partial charge in [-0.3, -0.25) is 0 Å². The lowest BCUT2D eigenvalue weighted by molar-refractivity contribution is 0.210. The zero-order valence-corrected chi connectivity index (χ0v) is 16.7. The molecule has 0 saturated carbocycles. The van der Waals surface area contributed by atoms with E-state index in [-0.39, 0.29) is 6.10 Å². The second kappa shape index (κ2) is 10.4. The first kappa shape index (κ1) is 19.8. The Morgan fingerprint density at radius 3 is 2.36 bits per heavy atom. The molecule has 0 unspecified atom stereocenters. The summed E-state index contributed by atoms with van der Waals surface area (Å²) in [6.07, 6.45) is 1.99. The van der Waals surface area contributed by atoms with E-state index >= 15 is 0 Å². The molecule has 0 amide bonds. The summed E-state index contributed by atoms with van der Waals surface area (Å²) < 4.78 is 11.9. The molecule has 28 heavy (non-hydrogen) atoms. The first-order valence-corrected chi connectivity index (χ1v) is 9.97. The molecule has 3 aromatic carbocycles. The molecule has 0 aliphatic carbocycles. The minimum Gasteiger partial charge on any atom is -0.493 e. The maximum Gasteiger partial charge on any atom is 0.120 e. The Labute approximate surface area is 168 Å². The van der Waals surface area contributed by atoms with Crippen molar-refractivity contribution in [2.24, 2.45) is 0 Å². The third kappa shape index (κ3) is 6.34. The highest BCUT2D eigenvalue weighted by Gasteiger charge is 2.08. The largest absolute Gasteiger partial charge is 0.493 e. The Kier molecular flexibility index (Phi) is 7.36. The van der Waals surface area contributed by atoms with Crippen LogP contribution in [0.3, 0.4) is 0 Å². The molecule has 1 atom stereocenters. The highest BCUT2D eigenvalue weighted by atomic mass is 16.5. The van der Waals surface area contributed by atoms with Gasteiger partial charge in [-0.05, 0) is 60.9 Å². The Morgan fingerprint density at radius 1 is 0.857 bits per heavy atom. The lowest BCUT2D eigenvalue weighted by Gasteiger charge is -2.19. The molecule has 0 radical (unpaired) electrons. The Balaban J connectivity index is 1.44. The molecule has 1 N–H and O–H groups in total. The van der Waals surface area contributed by atoms with Crippen LogP contribution >= 0.6 is 0 Å². The van der Waals surface area contributed by atoms with E-state index in [1.807, 2.05) is 30.3 Å². The molecule has 3 nitrogen and oxygen atoms in total. The summed E-state index contributed by atoms with van der Waals surface area (Å²) >= 11 is 0. The predicted molar refractivity (Wildman–Crippen MR) is 116 cm³/mol. The lowest BCUT2D eigenvalue weighted by atomic mass is 10.2. The summed E-state index contributed by atoms with van der Waals surface area (Å²) in [6.45, 7) is 5.67.